The number of allylic oxidation sites excluding steroid dienone is 2. The molecular weight excluding hydrogens is 475 g/mol. The topological polar surface area (TPSA) is 91.9 Å². The van der Waals surface area contributed by atoms with Gasteiger partial charge in [0.05, 0.1) is 25.2 Å². The number of fused-ring (bicyclic) bond motifs is 1. The number of nitrogens with one attached hydrogen (secondary N) is 2. The van der Waals surface area contributed by atoms with Gasteiger partial charge in [0.25, 0.3) is 5.91 Å². The van der Waals surface area contributed by atoms with Crippen molar-refractivity contribution in [2.24, 2.45) is 5.92 Å². The lowest BCUT2D eigenvalue weighted by Gasteiger charge is -2.29. The fourth-order valence-corrected chi connectivity index (χ4v) is 4.58. The first-order valence-corrected chi connectivity index (χ1v) is 12.5. The molecule has 0 saturated carbocycles. The van der Waals surface area contributed by atoms with Crippen LogP contribution in [0.5, 0.6) is 5.88 Å². The first-order valence-electron chi connectivity index (χ1n) is 12.5. The Morgan fingerprint density at radius 2 is 2.03 bits per heavy atom. The van der Waals surface area contributed by atoms with E-state index in [4.69, 9.17) is 9.47 Å². The Bertz CT molecular complexity index is 1250. The number of nitrogens with zero attached hydrogens (tertiary/aromatic N) is 4. The van der Waals surface area contributed by atoms with Crippen LogP contribution in [-0.2, 0) is 4.74 Å². The minimum atomic E-state index is -0.457. The maximum Gasteiger partial charge on any atom is 0.262 e. The summed E-state index contributed by atoms with van der Waals surface area (Å²) in [6, 6.07) is 7.74. The predicted molar refractivity (Wildman–Crippen MR) is 139 cm³/mol. The van der Waals surface area contributed by atoms with Crippen LogP contribution in [0.4, 0.5) is 21.6 Å². The Morgan fingerprint density at radius 3 is 2.76 bits per heavy atom. The molecule has 2 N–H and O–H groups in total. The van der Waals surface area contributed by atoms with Crippen molar-refractivity contribution in [1.82, 2.24) is 20.2 Å². The SMILES string of the molecule is CCN(C)C(=O)c1c(Nc2ccc(N3CCOCC3)cc2)ncnc1OC1=C(F)C2C=C(C)NC2C=C1. The van der Waals surface area contributed by atoms with Gasteiger partial charge in [-0.2, -0.15) is 0 Å². The summed E-state index contributed by atoms with van der Waals surface area (Å²) in [5.41, 5.74) is 2.89. The van der Waals surface area contributed by atoms with Crippen molar-refractivity contribution in [3.8, 4) is 5.88 Å². The number of aromatic nitrogens is 2. The number of hydrogen-bond donors (Lipinski definition) is 2. The highest BCUT2D eigenvalue weighted by atomic mass is 19.1. The van der Waals surface area contributed by atoms with Gasteiger partial charge in [-0.25, -0.2) is 14.4 Å². The summed E-state index contributed by atoms with van der Waals surface area (Å²) in [5, 5.41) is 6.45. The third kappa shape index (κ3) is 5.15. The summed E-state index contributed by atoms with van der Waals surface area (Å²) < 4.78 is 26.7. The van der Waals surface area contributed by atoms with Crippen LogP contribution in [-0.4, -0.2) is 66.7 Å². The van der Waals surface area contributed by atoms with E-state index >= 15 is 4.39 Å². The fraction of sp³-hybridized carbons (Fsp3) is 0.370. The lowest BCUT2D eigenvalue weighted by molar-refractivity contribution is 0.0799. The highest BCUT2D eigenvalue weighted by Crippen LogP contribution is 2.35. The van der Waals surface area contributed by atoms with E-state index in [1.165, 1.54) is 11.2 Å². The Hall–Kier alpha value is -3.92. The van der Waals surface area contributed by atoms with Gasteiger partial charge in [0, 0.05) is 43.8 Å². The van der Waals surface area contributed by atoms with Crippen LogP contribution in [0.1, 0.15) is 24.2 Å². The number of carbonyl (C=O) groups is 1. The van der Waals surface area contributed by atoms with Gasteiger partial charge >= 0.3 is 0 Å². The van der Waals surface area contributed by atoms with Crippen LogP contribution in [0.3, 0.4) is 0 Å². The average molecular weight is 507 g/mol. The molecule has 1 fully saturated rings. The Balaban J connectivity index is 1.44. The van der Waals surface area contributed by atoms with E-state index in [9.17, 15) is 4.79 Å². The third-order valence-corrected chi connectivity index (χ3v) is 6.75. The van der Waals surface area contributed by atoms with E-state index < -0.39 is 11.7 Å². The van der Waals surface area contributed by atoms with Gasteiger partial charge in [0.15, 0.2) is 17.4 Å². The molecule has 3 heterocycles. The van der Waals surface area contributed by atoms with Crippen molar-refractivity contribution in [1.29, 1.82) is 0 Å². The highest BCUT2D eigenvalue weighted by molar-refractivity contribution is 6.01. The standard InChI is InChI=1S/C27H31FN6O3/c1-4-33(3)27(35)23-25(32-18-5-7-19(8-6-18)34-11-13-36-14-12-34)29-16-30-26(23)37-22-10-9-21-20(24(22)28)15-17(2)31-21/h5-10,15-16,20-21,31H,4,11-14H2,1-3H3,(H,29,30,32). The Labute approximate surface area is 215 Å². The summed E-state index contributed by atoms with van der Waals surface area (Å²) in [7, 11) is 1.68. The van der Waals surface area contributed by atoms with E-state index in [2.05, 4.69) is 25.5 Å². The molecule has 2 unspecified atom stereocenters. The molecule has 2 atom stereocenters. The lowest BCUT2D eigenvalue weighted by atomic mass is 9.95. The van der Waals surface area contributed by atoms with Gasteiger partial charge in [-0.1, -0.05) is 12.2 Å². The average Bonchev–Trinajstić information content (AvgIpc) is 3.31. The normalized spacial score (nSPS) is 20.8. The van der Waals surface area contributed by atoms with E-state index in [-0.39, 0.29) is 35.0 Å². The molecule has 1 aliphatic carbocycles. The summed E-state index contributed by atoms with van der Waals surface area (Å²) in [6.07, 6.45) is 6.56. The summed E-state index contributed by atoms with van der Waals surface area (Å²) >= 11 is 0. The van der Waals surface area contributed by atoms with Gasteiger partial charge in [-0.05, 0) is 44.2 Å². The van der Waals surface area contributed by atoms with Crippen molar-refractivity contribution >= 4 is 23.1 Å². The summed E-state index contributed by atoms with van der Waals surface area (Å²) in [5.74, 6) is -0.893. The maximum atomic E-state index is 15.3. The van der Waals surface area contributed by atoms with Crippen molar-refractivity contribution in [3.05, 3.63) is 71.7 Å². The zero-order chi connectivity index (χ0) is 25.9. The number of carbonyl (C=O) groups excluding carboxylic acids is 1. The zero-order valence-corrected chi connectivity index (χ0v) is 21.2. The molecule has 10 heteroatoms. The number of halogens is 1. The zero-order valence-electron chi connectivity index (χ0n) is 21.2. The van der Waals surface area contributed by atoms with E-state index in [0.717, 1.165) is 30.2 Å². The quantitative estimate of drug-likeness (QED) is 0.587. The van der Waals surface area contributed by atoms with Gasteiger partial charge in [-0.3, -0.25) is 4.79 Å². The second-order valence-corrected chi connectivity index (χ2v) is 9.21. The van der Waals surface area contributed by atoms with Crippen LogP contribution in [0.15, 0.2) is 66.1 Å². The molecule has 9 nitrogen and oxygen atoms in total. The largest absolute Gasteiger partial charge is 0.435 e. The molecule has 3 aliphatic rings. The first kappa shape index (κ1) is 24.8. The number of hydrogen-bond acceptors (Lipinski definition) is 8. The van der Waals surface area contributed by atoms with E-state index in [0.29, 0.717) is 19.8 Å². The monoisotopic (exact) mass is 506 g/mol. The minimum Gasteiger partial charge on any atom is -0.435 e. The molecule has 2 aliphatic heterocycles. The molecule has 2 aromatic rings. The Morgan fingerprint density at radius 1 is 1.27 bits per heavy atom. The van der Waals surface area contributed by atoms with Gasteiger partial charge < -0.3 is 29.9 Å². The molecule has 0 bridgehead atoms. The molecule has 1 saturated heterocycles. The highest BCUT2D eigenvalue weighted by Gasteiger charge is 2.33. The molecule has 1 aromatic heterocycles. The Kier molecular flexibility index (Phi) is 7.09. The second-order valence-electron chi connectivity index (χ2n) is 9.21. The smallest absolute Gasteiger partial charge is 0.262 e. The molecule has 1 amide bonds. The molecule has 37 heavy (non-hydrogen) atoms. The predicted octanol–water partition coefficient (Wildman–Crippen LogP) is 3.77. The van der Waals surface area contributed by atoms with Crippen molar-refractivity contribution in [3.63, 3.8) is 0 Å². The number of anilines is 3. The van der Waals surface area contributed by atoms with Gasteiger partial charge in [0.2, 0.25) is 5.88 Å². The maximum absolute atomic E-state index is 15.3. The van der Waals surface area contributed by atoms with E-state index in [1.807, 2.05) is 50.3 Å². The fourth-order valence-electron chi connectivity index (χ4n) is 4.58. The first-order chi connectivity index (χ1) is 17.9. The van der Waals surface area contributed by atoms with Crippen LogP contribution >= 0.6 is 0 Å². The van der Waals surface area contributed by atoms with Crippen molar-refractivity contribution < 1.29 is 18.7 Å². The van der Waals surface area contributed by atoms with Gasteiger partial charge in [-0.15, -0.1) is 0 Å². The molecule has 194 valence electrons. The van der Waals surface area contributed by atoms with Crippen molar-refractivity contribution in [2.75, 3.05) is 50.1 Å². The molecule has 0 radical (unpaired) electrons. The van der Waals surface area contributed by atoms with Crippen molar-refractivity contribution in [2.45, 2.75) is 19.9 Å². The lowest BCUT2D eigenvalue weighted by Crippen LogP contribution is -2.36. The number of amides is 1. The summed E-state index contributed by atoms with van der Waals surface area (Å²) in [6.45, 7) is 7.34. The number of morpholine rings is 1. The van der Waals surface area contributed by atoms with E-state index in [1.54, 1.807) is 13.1 Å². The second kappa shape index (κ2) is 10.6. The van der Waals surface area contributed by atoms with Crippen LogP contribution in [0, 0.1) is 5.92 Å². The molecule has 1 aromatic carbocycles. The van der Waals surface area contributed by atoms with Crippen LogP contribution in [0.25, 0.3) is 0 Å². The molecule has 5 rings (SSSR count). The third-order valence-electron chi connectivity index (χ3n) is 6.75. The summed E-state index contributed by atoms with van der Waals surface area (Å²) in [4.78, 5) is 25.7. The number of benzene rings is 1. The van der Waals surface area contributed by atoms with Crippen LogP contribution < -0.4 is 20.3 Å². The minimum absolute atomic E-state index is 0.00681. The molecule has 0 spiro atoms. The number of ether oxygens (including phenoxy) is 2. The molecular formula is C27H31FN6O3. The van der Waals surface area contributed by atoms with Gasteiger partial charge in [0.1, 0.15) is 11.9 Å². The van der Waals surface area contributed by atoms with Crippen LogP contribution in [0.2, 0.25) is 0 Å². The number of rotatable bonds is 7.